The first-order chi connectivity index (χ1) is 5.41. The fourth-order valence-electron chi connectivity index (χ4n) is 0.754. The van der Waals surface area contributed by atoms with Gasteiger partial charge in [0.1, 0.15) is 0 Å². The molecule has 0 atom stereocenters. The highest BCUT2D eigenvalue weighted by atomic mass is 35.5. The molecule has 12 heavy (non-hydrogen) atoms. The van der Waals surface area contributed by atoms with Gasteiger partial charge in [-0.2, -0.15) is 0 Å². The Morgan fingerprint density at radius 1 is 1.58 bits per heavy atom. The normalized spacial score (nSPS) is 11.7. The molecule has 66 valence electrons. The van der Waals surface area contributed by atoms with Crippen molar-refractivity contribution < 1.29 is 4.79 Å². The molecule has 0 aliphatic heterocycles. The van der Waals surface area contributed by atoms with Crippen LogP contribution in [0.25, 0.3) is 0 Å². The molecule has 0 spiro atoms. The summed E-state index contributed by atoms with van der Waals surface area (Å²) in [6, 6.07) is 3.40. The Morgan fingerprint density at radius 2 is 2.17 bits per heavy atom. The largest absolute Gasteiger partial charge is 0.319 e. The number of thiophene rings is 1. The Balaban J connectivity index is 2.93. The van der Waals surface area contributed by atoms with Crippen molar-refractivity contribution in [2.75, 3.05) is 0 Å². The van der Waals surface area contributed by atoms with Crippen LogP contribution in [0.2, 0.25) is 4.34 Å². The van der Waals surface area contributed by atoms with Crippen molar-refractivity contribution in [3.8, 4) is 0 Å². The quantitative estimate of drug-likeness (QED) is 0.750. The van der Waals surface area contributed by atoms with Gasteiger partial charge in [-0.25, -0.2) is 0 Å². The van der Waals surface area contributed by atoms with Crippen LogP contribution < -0.4 is 5.73 Å². The molecule has 0 saturated heterocycles. The highest BCUT2D eigenvalue weighted by Crippen LogP contribution is 2.24. The topological polar surface area (TPSA) is 43.1 Å². The average molecular weight is 204 g/mol. The molecule has 1 heterocycles. The summed E-state index contributed by atoms with van der Waals surface area (Å²) in [7, 11) is 0. The van der Waals surface area contributed by atoms with Gasteiger partial charge >= 0.3 is 0 Å². The summed E-state index contributed by atoms with van der Waals surface area (Å²) >= 11 is 6.94. The Bertz CT molecular complexity index is 300. The van der Waals surface area contributed by atoms with E-state index in [9.17, 15) is 4.79 Å². The van der Waals surface area contributed by atoms with Gasteiger partial charge in [0.15, 0.2) is 5.78 Å². The van der Waals surface area contributed by atoms with Crippen LogP contribution in [0.15, 0.2) is 12.1 Å². The van der Waals surface area contributed by atoms with Gasteiger partial charge in [0, 0.05) is 0 Å². The van der Waals surface area contributed by atoms with E-state index < -0.39 is 5.54 Å². The molecular weight excluding hydrogens is 194 g/mol. The molecule has 0 radical (unpaired) electrons. The maximum atomic E-state index is 11.5. The lowest BCUT2D eigenvalue weighted by Gasteiger charge is -2.14. The Kier molecular flexibility index (Phi) is 2.56. The number of hydrogen-bond donors (Lipinski definition) is 1. The van der Waals surface area contributed by atoms with E-state index in [4.69, 9.17) is 17.3 Å². The van der Waals surface area contributed by atoms with Gasteiger partial charge in [-0.15, -0.1) is 11.3 Å². The first-order valence-corrected chi connectivity index (χ1v) is 4.70. The van der Waals surface area contributed by atoms with E-state index in [1.165, 1.54) is 11.3 Å². The second-order valence-corrected chi connectivity index (χ2v) is 4.87. The van der Waals surface area contributed by atoms with Gasteiger partial charge in [0.05, 0.1) is 14.8 Å². The zero-order chi connectivity index (χ0) is 9.35. The van der Waals surface area contributed by atoms with Gasteiger partial charge < -0.3 is 5.73 Å². The van der Waals surface area contributed by atoms with E-state index >= 15 is 0 Å². The molecule has 0 aliphatic carbocycles. The van der Waals surface area contributed by atoms with Crippen LogP contribution >= 0.6 is 22.9 Å². The summed E-state index contributed by atoms with van der Waals surface area (Å²) < 4.78 is 0.614. The minimum Gasteiger partial charge on any atom is -0.319 e. The van der Waals surface area contributed by atoms with Crippen LogP contribution in [0.5, 0.6) is 0 Å². The molecule has 1 aromatic rings. The first-order valence-electron chi connectivity index (χ1n) is 3.50. The third-order valence-corrected chi connectivity index (χ3v) is 2.61. The van der Waals surface area contributed by atoms with E-state index in [-0.39, 0.29) is 5.78 Å². The van der Waals surface area contributed by atoms with Crippen LogP contribution in [0, 0.1) is 0 Å². The number of carbonyl (C=O) groups excluding carboxylic acids is 1. The van der Waals surface area contributed by atoms with Crippen molar-refractivity contribution in [1.29, 1.82) is 0 Å². The summed E-state index contributed by atoms with van der Waals surface area (Å²) in [5.74, 6) is -0.0700. The molecule has 0 unspecified atom stereocenters. The molecule has 2 N–H and O–H groups in total. The number of hydrogen-bond acceptors (Lipinski definition) is 3. The molecule has 4 heteroatoms. The highest BCUT2D eigenvalue weighted by molar-refractivity contribution is 7.18. The summed E-state index contributed by atoms with van der Waals surface area (Å²) in [5, 5.41) is 0. The van der Waals surface area contributed by atoms with Crippen molar-refractivity contribution >= 4 is 28.7 Å². The molecule has 0 bridgehead atoms. The zero-order valence-corrected chi connectivity index (χ0v) is 8.50. The van der Waals surface area contributed by atoms with Crippen LogP contribution in [0.3, 0.4) is 0 Å². The molecule has 0 amide bonds. The molecule has 1 aromatic heterocycles. The van der Waals surface area contributed by atoms with Crippen LogP contribution in [-0.2, 0) is 0 Å². The Labute approximate surface area is 80.3 Å². The van der Waals surface area contributed by atoms with Gasteiger partial charge in [-0.1, -0.05) is 11.6 Å². The van der Waals surface area contributed by atoms with Crippen molar-refractivity contribution in [3.05, 3.63) is 21.3 Å². The number of ketones is 1. The van der Waals surface area contributed by atoms with Gasteiger partial charge in [0.25, 0.3) is 0 Å². The minimum atomic E-state index is -0.811. The predicted molar refractivity (Wildman–Crippen MR) is 51.9 cm³/mol. The first kappa shape index (κ1) is 9.71. The average Bonchev–Trinajstić information content (AvgIpc) is 2.32. The number of halogens is 1. The number of nitrogens with two attached hydrogens (primary N) is 1. The van der Waals surface area contributed by atoms with Crippen LogP contribution in [0.4, 0.5) is 0 Å². The van der Waals surface area contributed by atoms with E-state index in [2.05, 4.69) is 0 Å². The lowest BCUT2D eigenvalue weighted by Crippen LogP contribution is -2.41. The lowest BCUT2D eigenvalue weighted by molar-refractivity contribution is 0.0918. The van der Waals surface area contributed by atoms with E-state index in [1.807, 2.05) is 0 Å². The van der Waals surface area contributed by atoms with Crippen LogP contribution in [0.1, 0.15) is 23.5 Å². The zero-order valence-electron chi connectivity index (χ0n) is 6.93. The SMILES string of the molecule is CC(C)(N)C(=O)c1ccc(Cl)s1. The summed E-state index contributed by atoms with van der Waals surface area (Å²) in [6.45, 7) is 3.37. The molecular formula is C8H10ClNOS. The maximum Gasteiger partial charge on any atom is 0.192 e. The maximum absolute atomic E-state index is 11.5. The van der Waals surface area contributed by atoms with Crippen molar-refractivity contribution in [1.82, 2.24) is 0 Å². The third kappa shape index (κ3) is 2.06. The van der Waals surface area contributed by atoms with Gasteiger partial charge in [-0.3, -0.25) is 4.79 Å². The standard InChI is InChI=1S/C8H10ClNOS/c1-8(2,10)7(11)5-3-4-6(9)12-5/h3-4H,10H2,1-2H3. The second kappa shape index (κ2) is 3.17. The Morgan fingerprint density at radius 3 is 2.50 bits per heavy atom. The number of rotatable bonds is 2. The molecule has 0 saturated carbocycles. The monoisotopic (exact) mass is 203 g/mol. The smallest absolute Gasteiger partial charge is 0.192 e. The van der Waals surface area contributed by atoms with Gasteiger partial charge in [-0.05, 0) is 26.0 Å². The van der Waals surface area contributed by atoms with Crippen LogP contribution in [-0.4, -0.2) is 11.3 Å². The highest BCUT2D eigenvalue weighted by Gasteiger charge is 2.24. The fourth-order valence-corrected chi connectivity index (χ4v) is 1.90. The molecule has 0 fully saturated rings. The molecule has 2 nitrogen and oxygen atoms in total. The molecule has 1 rings (SSSR count). The minimum absolute atomic E-state index is 0.0700. The second-order valence-electron chi connectivity index (χ2n) is 3.15. The van der Waals surface area contributed by atoms with Crippen molar-refractivity contribution in [3.63, 3.8) is 0 Å². The number of Topliss-reactive ketones (excluding diaryl/α,β-unsaturated/α-hetero) is 1. The van der Waals surface area contributed by atoms with E-state index in [0.717, 1.165) is 0 Å². The lowest BCUT2D eigenvalue weighted by atomic mass is 10.00. The molecule has 0 aromatic carbocycles. The summed E-state index contributed by atoms with van der Waals surface area (Å²) in [6.07, 6.45) is 0. The summed E-state index contributed by atoms with van der Waals surface area (Å²) in [5.41, 5.74) is 4.82. The fraction of sp³-hybridized carbons (Fsp3) is 0.375. The van der Waals surface area contributed by atoms with E-state index in [0.29, 0.717) is 9.21 Å². The van der Waals surface area contributed by atoms with Crippen molar-refractivity contribution in [2.24, 2.45) is 5.73 Å². The summed E-state index contributed by atoms with van der Waals surface area (Å²) in [4.78, 5) is 12.1. The van der Waals surface area contributed by atoms with Crippen molar-refractivity contribution in [2.45, 2.75) is 19.4 Å². The predicted octanol–water partition coefficient (Wildman–Crippen LogP) is 2.32. The van der Waals surface area contributed by atoms with E-state index in [1.54, 1.807) is 26.0 Å². The van der Waals surface area contributed by atoms with Gasteiger partial charge in [0.2, 0.25) is 0 Å². The molecule has 0 aliphatic rings. The Hall–Kier alpha value is -0.380. The number of carbonyl (C=O) groups is 1. The third-order valence-electron chi connectivity index (χ3n) is 1.38.